The minimum atomic E-state index is 0.464. The molecule has 5 atom stereocenters. The van der Waals surface area contributed by atoms with Gasteiger partial charge in [0, 0.05) is 6.04 Å². The summed E-state index contributed by atoms with van der Waals surface area (Å²) in [5.41, 5.74) is 1.65. The lowest BCUT2D eigenvalue weighted by Gasteiger charge is -2.31. The van der Waals surface area contributed by atoms with Crippen molar-refractivity contribution in [3.05, 3.63) is 17.8 Å². The summed E-state index contributed by atoms with van der Waals surface area (Å²) in [5, 5.41) is 0.464. The van der Waals surface area contributed by atoms with E-state index >= 15 is 0 Å². The summed E-state index contributed by atoms with van der Waals surface area (Å²) in [6.45, 7) is 0. The predicted molar refractivity (Wildman–Crippen MR) is 79.9 cm³/mol. The zero-order valence-electron chi connectivity index (χ0n) is 10.9. The highest BCUT2D eigenvalue weighted by Gasteiger charge is 2.54. The van der Waals surface area contributed by atoms with Crippen LogP contribution in [0.3, 0.4) is 0 Å². The van der Waals surface area contributed by atoms with Crippen molar-refractivity contribution in [1.29, 1.82) is 0 Å². The third kappa shape index (κ3) is 1.43. The maximum absolute atomic E-state index is 6.11. The molecule has 0 amide bonds. The Balaban J connectivity index is 1.59. The van der Waals surface area contributed by atoms with Crippen molar-refractivity contribution in [2.75, 3.05) is 11.5 Å². The van der Waals surface area contributed by atoms with E-state index in [1.807, 2.05) is 6.33 Å². The number of halogens is 1. The fourth-order valence-electron chi connectivity index (χ4n) is 4.80. The molecule has 5 rings (SSSR count). The molecule has 2 bridgehead atoms. The van der Waals surface area contributed by atoms with E-state index in [0.717, 1.165) is 34.8 Å². The van der Waals surface area contributed by atoms with E-state index in [1.54, 1.807) is 6.33 Å². The normalized spacial score (nSPS) is 38.8. The number of aromatic nitrogens is 4. The first-order valence-corrected chi connectivity index (χ1v) is 8.77. The van der Waals surface area contributed by atoms with Crippen molar-refractivity contribution in [1.82, 2.24) is 19.5 Å². The highest BCUT2D eigenvalue weighted by atomic mass is 35.5. The van der Waals surface area contributed by atoms with E-state index in [-0.39, 0.29) is 0 Å². The second-order valence-electron chi connectivity index (χ2n) is 6.32. The van der Waals surface area contributed by atoms with E-state index in [4.69, 9.17) is 11.6 Å². The second kappa shape index (κ2) is 4.10. The Hall–Kier alpha value is -0.810. The fourth-order valence-corrected chi connectivity index (χ4v) is 6.67. The van der Waals surface area contributed by atoms with Crippen LogP contribution in [0.5, 0.6) is 0 Å². The van der Waals surface area contributed by atoms with Crippen LogP contribution in [-0.2, 0) is 0 Å². The lowest BCUT2D eigenvalue weighted by atomic mass is 9.79. The molecule has 2 aromatic rings. The minimum Gasteiger partial charge on any atom is -0.312 e. The summed E-state index contributed by atoms with van der Waals surface area (Å²) in [5.74, 6) is 6.36. The van der Waals surface area contributed by atoms with Crippen LogP contribution >= 0.6 is 23.4 Å². The number of hydrogen-bond donors (Lipinski definition) is 0. The Bertz CT molecular complexity index is 687. The largest absolute Gasteiger partial charge is 0.312 e. The summed E-state index contributed by atoms with van der Waals surface area (Å²) in [7, 11) is 0. The monoisotopic (exact) mass is 306 g/mol. The minimum absolute atomic E-state index is 0.464. The molecular formula is C14H15ClN4S. The molecule has 0 unspecified atom stereocenters. The van der Waals surface area contributed by atoms with Gasteiger partial charge < -0.3 is 4.57 Å². The van der Waals surface area contributed by atoms with Crippen molar-refractivity contribution in [3.63, 3.8) is 0 Å². The van der Waals surface area contributed by atoms with Crippen molar-refractivity contribution < 1.29 is 0 Å². The van der Waals surface area contributed by atoms with Gasteiger partial charge >= 0.3 is 0 Å². The fraction of sp³-hybridized carbons (Fsp3) is 0.643. The number of thioether (sulfide) groups is 1. The predicted octanol–water partition coefficient (Wildman–Crippen LogP) is 3.04. The lowest BCUT2D eigenvalue weighted by molar-refractivity contribution is 0.210. The van der Waals surface area contributed by atoms with Crippen LogP contribution in [0, 0.1) is 23.7 Å². The first-order chi connectivity index (χ1) is 9.83. The quantitative estimate of drug-likeness (QED) is 0.760. The van der Waals surface area contributed by atoms with Gasteiger partial charge in [-0.25, -0.2) is 15.0 Å². The zero-order chi connectivity index (χ0) is 13.3. The van der Waals surface area contributed by atoms with Gasteiger partial charge in [-0.2, -0.15) is 11.8 Å². The summed E-state index contributed by atoms with van der Waals surface area (Å²) >= 11 is 8.26. The van der Waals surface area contributed by atoms with Gasteiger partial charge in [-0.15, -0.1) is 0 Å². The molecule has 20 heavy (non-hydrogen) atoms. The first kappa shape index (κ1) is 11.8. The van der Waals surface area contributed by atoms with Gasteiger partial charge in [-0.05, 0) is 48.0 Å². The van der Waals surface area contributed by atoms with Crippen molar-refractivity contribution in [3.8, 4) is 0 Å². The lowest BCUT2D eigenvalue weighted by Crippen LogP contribution is -2.28. The van der Waals surface area contributed by atoms with E-state index in [2.05, 4.69) is 31.3 Å². The van der Waals surface area contributed by atoms with Crippen molar-refractivity contribution in [2.45, 2.75) is 18.9 Å². The molecule has 0 N–H and O–H groups in total. The Morgan fingerprint density at radius 2 is 2.00 bits per heavy atom. The van der Waals surface area contributed by atoms with E-state index in [9.17, 15) is 0 Å². The first-order valence-electron chi connectivity index (χ1n) is 7.23. The summed E-state index contributed by atoms with van der Waals surface area (Å²) in [6, 6.07) is 0.566. The maximum atomic E-state index is 6.11. The Morgan fingerprint density at radius 1 is 1.10 bits per heavy atom. The Morgan fingerprint density at radius 3 is 2.95 bits per heavy atom. The number of imidazole rings is 1. The van der Waals surface area contributed by atoms with Crippen LogP contribution in [0.2, 0.25) is 5.15 Å². The Kier molecular flexibility index (Phi) is 2.42. The van der Waals surface area contributed by atoms with E-state index < -0.39 is 0 Å². The summed E-state index contributed by atoms with van der Waals surface area (Å²) in [4.78, 5) is 12.9. The van der Waals surface area contributed by atoms with Crippen LogP contribution in [0.15, 0.2) is 12.7 Å². The average Bonchev–Trinajstić information content (AvgIpc) is 3.19. The third-order valence-electron chi connectivity index (χ3n) is 5.61. The second-order valence-corrected chi connectivity index (χ2v) is 7.75. The average molecular weight is 307 g/mol. The van der Waals surface area contributed by atoms with Gasteiger partial charge in [0.25, 0.3) is 0 Å². The zero-order valence-corrected chi connectivity index (χ0v) is 12.5. The molecule has 3 heterocycles. The molecule has 104 valence electrons. The van der Waals surface area contributed by atoms with Gasteiger partial charge in [0.05, 0.1) is 6.33 Å². The van der Waals surface area contributed by atoms with Crippen molar-refractivity contribution >= 4 is 34.5 Å². The molecule has 1 aliphatic heterocycles. The van der Waals surface area contributed by atoms with E-state index in [1.165, 1.54) is 24.3 Å². The van der Waals surface area contributed by atoms with E-state index in [0.29, 0.717) is 11.2 Å². The molecule has 3 aliphatic rings. The van der Waals surface area contributed by atoms with Crippen molar-refractivity contribution in [2.24, 2.45) is 23.7 Å². The SMILES string of the molecule is Clc1ncnc2c1ncn2[C@H]1C[C@H]2C[C@@H]1[C@@H]1CSC[C@H]21. The summed E-state index contributed by atoms with van der Waals surface area (Å²) in [6.07, 6.45) is 6.16. The van der Waals surface area contributed by atoms with Crippen LogP contribution in [0.4, 0.5) is 0 Å². The van der Waals surface area contributed by atoms with Crippen LogP contribution in [-0.4, -0.2) is 31.0 Å². The number of nitrogens with zero attached hydrogens (tertiary/aromatic N) is 4. The van der Waals surface area contributed by atoms with Crippen LogP contribution < -0.4 is 0 Å². The molecule has 1 saturated heterocycles. The molecule has 2 aromatic heterocycles. The topological polar surface area (TPSA) is 43.6 Å². The van der Waals surface area contributed by atoms with Gasteiger partial charge in [0.2, 0.25) is 0 Å². The standard InChI is InChI=1S/C14H15ClN4S/c15-13-12-14(17-5-16-13)19(6-18-12)11-2-7-1-8(11)10-4-20-3-9(7)10/h5-11H,1-4H2/t7-,8-,9-,10+,11+/m1/s1. The third-order valence-corrected chi connectivity index (χ3v) is 7.13. The van der Waals surface area contributed by atoms with Gasteiger partial charge in [-0.3, -0.25) is 0 Å². The molecule has 3 fully saturated rings. The van der Waals surface area contributed by atoms with Gasteiger partial charge in [0.1, 0.15) is 11.8 Å². The summed E-state index contributed by atoms with van der Waals surface area (Å²) < 4.78 is 2.27. The highest BCUT2D eigenvalue weighted by molar-refractivity contribution is 7.99. The Labute approximate surface area is 126 Å². The van der Waals surface area contributed by atoms with Crippen LogP contribution in [0.25, 0.3) is 11.2 Å². The molecule has 2 saturated carbocycles. The molecule has 0 aromatic carbocycles. The maximum Gasteiger partial charge on any atom is 0.165 e. The smallest absolute Gasteiger partial charge is 0.165 e. The molecule has 0 radical (unpaired) electrons. The molecule has 4 nitrogen and oxygen atoms in total. The van der Waals surface area contributed by atoms with Crippen LogP contribution in [0.1, 0.15) is 18.9 Å². The molecular weight excluding hydrogens is 292 g/mol. The molecule has 0 spiro atoms. The molecule has 2 aliphatic carbocycles. The number of fused-ring (bicyclic) bond motifs is 6. The van der Waals surface area contributed by atoms with Gasteiger partial charge in [0.15, 0.2) is 10.8 Å². The molecule has 6 heteroatoms. The number of hydrogen-bond acceptors (Lipinski definition) is 4. The highest BCUT2D eigenvalue weighted by Crippen LogP contribution is 2.61. The van der Waals surface area contributed by atoms with Gasteiger partial charge in [-0.1, -0.05) is 11.6 Å². The number of rotatable bonds is 1.